The minimum absolute atomic E-state index is 0.0199. The van der Waals surface area contributed by atoms with Gasteiger partial charge in [-0.05, 0) is 59.7 Å². The fraction of sp³-hybridized carbons (Fsp3) is 0.933. The Labute approximate surface area is 117 Å². The minimum atomic E-state index is -0.0895. The Balaban J connectivity index is 2.19. The Morgan fingerprint density at radius 3 is 2.74 bits per heavy atom. The van der Waals surface area contributed by atoms with E-state index < -0.39 is 0 Å². The number of rotatable bonds is 8. The van der Waals surface area contributed by atoms with Gasteiger partial charge in [0.25, 0.3) is 0 Å². The molecule has 0 amide bonds. The number of esters is 1. The molecule has 0 radical (unpaired) electrons. The first kappa shape index (κ1) is 16.4. The van der Waals surface area contributed by atoms with Gasteiger partial charge in [0, 0.05) is 6.04 Å². The summed E-state index contributed by atoms with van der Waals surface area (Å²) in [5.74, 6) is -0.0863. The predicted octanol–water partition coefficient (Wildman–Crippen LogP) is 2.18. The van der Waals surface area contributed by atoms with Crippen LogP contribution in [0.5, 0.6) is 0 Å². The van der Waals surface area contributed by atoms with Gasteiger partial charge in [-0.1, -0.05) is 13.3 Å². The summed E-state index contributed by atoms with van der Waals surface area (Å²) in [6.45, 7) is 8.28. The van der Waals surface area contributed by atoms with Gasteiger partial charge in [-0.3, -0.25) is 4.79 Å². The van der Waals surface area contributed by atoms with Crippen molar-refractivity contribution in [2.45, 2.75) is 71.1 Å². The second kappa shape index (κ2) is 8.54. The number of hydrogen-bond acceptors (Lipinski definition) is 4. The van der Waals surface area contributed by atoms with Crippen LogP contribution in [0.1, 0.15) is 52.9 Å². The standard InChI is InChI=1S/C15H30N2O2/c1-5-6-10-17(4)11-9-13-7-8-14(16-13)15(18)19-12(2)3/h12-14,16H,5-11H2,1-4H3. The lowest BCUT2D eigenvalue weighted by Gasteiger charge is -2.19. The molecule has 1 aliphatic heterocycles. The van der Waals surface area contributed by atoms with E-state index in [0.29, 0.717) is 6.04 Å². The van der Waals surface area contributed by atoms with E-state index in [0.717, 1.165) is 25.8 Å². The van der Waals surface area contributed by atoms with Crippen molar-refractivity contribution in [3.63, 3.8) is 0 Å². The van der Waals surface area contributed by atoms with Gasteiger partial charge in [-0.15, -0.1) is 0 Å². The van der Waals surface area contributed by atoms with Gasteiger partial charge >= 0.3 is 5.97 Å². The second-order valence-electron chi connectivity index (χ2n) is 5.92. The molecule has 4 heteroatoms. The number of nitrogens with one attached hydrogen (secondary N) is 1. The molecule has 0 bridgehead atoms. The van der Waals surface area contributed by atoms with Gasteiger partial charge in [0.05, 0.1) is 6.10 Å². The van der Waals surface area contributed by atoms with E-state index in [1.54, 1.807) is 0 Å². The van der Waals surface area contributed by atoms with Crippen LogP contribution in [0.3, 0.4) is 0 Å². The van der Waals surface area contributed by atoms with Gasteiger partial charge in [-0.25, -0.2) is 0 Å². The van der Waals surface area contributed by atoms with Crippen LogP contribution in [0.15, 0.2) is 0 Å². The van der Waals surface area contributed by atoms with E-state index in [2.05, 4.69) is 24.2 Å². The van der Waals surface area contributed by atoms with Crippen LogP contribution < -0.4 is 5.32 Å². The van der Waals surface area contributed by atoms with E-state index in [4.69, 9.17) is 4.74 Å². The van der Waals surface area contributed by atoms with Crippen molar-refractivity contribution in [1.29, 1.82) is 0 Å². The van der Waals surface area contributed by atoms with Crippen molar-refractivity contribution in [2.75, 3.05) is 20.1 Å². The lowest BCUT2D eigenvalue weighted by atomic mass is 10.1. The fourth-order valence-electron chi connectivity index (χ4n) is 2.46. The van der Waals surface area contributed by atoms with E-state index in [1.807, 2.05) is 13.8 Å². The van der Waals surface area contributed by atoms with Crippen LogP contribution in [0, 0.1) is 0 Å². The number of carbonyl (C=O) groups excluding carboxylic acids is 1. The Kier molecular flexibility index (Phi) is 7.39. The molecule has 2 atom stereocenters. The molecule has 0 spiro atoms. The largest absolute Gasteiger partial charge is 0.462 e. The number of ether oxygens (including phenoxy) is 1. The third-order valence-electron chi connectivity index (χ3n) is 3.63. The van der Waals surface area contributed by atoms with Gasteiger partial charge in [0.15, 0.2) is 0 Å². The first-order chi connectivity index (χ1) is 9.02. The van der Waals surface area contributed by atoms with E-state index in [-0.39, 0.29) is 18.1 Å². The molecule has 0 aromatic heterocycles. The van der Waals surface area contributed by atoms with Gasteiger partial charge in [0.2, 0.25) is 0 Å². The molecule has 1 saturated heterocycles. The molecule has 1 rings (SSSR count). The molecule has 0 aliphatic carbocycles. The topological polar surface area (TPSA) is 41.6 Å². The highest BCUT2D eigenvalue weighted by Crippen LogP contribution is 2.17. The molecule has 1 fully saturated rings. The fourth-order valence-corrected chi connectivity index (χ4v) is 2.46. The van der Waals surface area contributed by atoms with Crippen LogP contribution in [0.25, 0.3) is 0 Å². The Morgan fingerprint density at radius 1 is 1.37 bits per heavy atom. The van der Waals surface area contributed by atoms with Crippen molar-refractivity contribution >= 4 is 5.97 Å². The zero-order valence-corrected chi connectivity index (χ0v) is 12.9. The molecule has 0 saturated carbocycles. The maximum Gasteiger partial charge on any atom is 0.323 e. The molecule has 1 heterocycles. The summed E-state index contributed by atoms with van der Waals surface area (Å²) in [5.41, 5.74) is 0. The Morgan fingerprint density at radius 2 is 2.11 bits per heavy atom. The van der Waals surface area contributed by atoms with Crippen LogP contribution in [-0.2, 0) is 9.53 Å². The van der Waals surface area contributed by atoms with Gasteiger partial charge in [-0.2, -0.15) is 0 Å². The third-order valence-corrected chi connectivity index (χ3v) is 3.63. The van der Waals surface area contributed by atoms with Crippen molar-refractivity contribution in [3.8, 4) is 0 Å². The van der Waals surface area contributed by atoms with Gasteiger partial charge in [0.1, 0.15) is 6.04 Å². The summed E-state index contributed by atoms with van der Waals surface area (Å²) in [4.78, 5) is 14.2. The first-order valence-corrected chi connectivity index (χ1v) is 7.68. The zero-order chi connectivity index (χ0) is 14.3. The van der Waals surface area contributed by atoms with E-state index in [9.17, 15) is 4.79 Å². The molecule has 1 N–H and O–H groups in total. The SMILES string of the molecule is CCCCN(C)CCC1CCC(C(=O)OC(C)C)N1. The van der Waals surface area contributed by atoms with E-state index >= 15 is 0 Å². The van der Waals surface area contributed by atoms with Crippen LogP contribution in [-0.4, -0.2) is 49.2 Å². The molecule has 2 unspecified atom stereocenters. The lowest BCUT2D eigenvalue weighted by molar-refractivity contribution is -0.149. The van der Waals surface area contributed by atoms with Crippen LogP contribution in [0.4, 0.5) is 0 Å². The number of carbonyl (C=O) groups is 1. The maximum atomic E-state index is 11.8. The highest BCUT2D eigenvalue weighted by Gasteiger charge is 2.30. The summed E-state index contributed by atoms with van der Waals surface area (Å²) < 4.78 is 5.25. The minimum Gasteiger partial charge on any atom is -0.462 e. The second-order valence-corrected chi connectivity index (χ2v) is 5.92. The molecule has 4 nitrogen and oxygen atoms in total. The summed E-state index contributed by atoms with van der Waals surface area (Å²) >= 11 is 0. The number of hydrogen-bond donors (Lipinski definition) is 1. The summed E-state index contributed by atoms with van der Waals surface area (Å²) in [6.07, 6.45) is 5.60. The Bertz CT molecular complexity index is 269. The molecule has 0 aromatic rings. The van der Waals surface area contributed by atoms with Gasteiger partial charge < -0.3 is 15.0 Å². The van der Waals surface area contributed by atoms with Crippen LogP contribution >= 0.6 is 0 Å². The molecular weight excluding hydrogens is 240 g/mol. The number of nitrogens with zero attached hydrogens (tertiary/aromatic N) is 1. The van der Waals surface area contributed by atoms with Crippen molar-refractivity contribution in [3.05, 3.63) is 0 Å². The summed E-state index contributed by atoms with van der Waals surface area (Å²) in [6, 6.07) is 0.377. The van der Waals surface area contributed by atoms with E-state index in [1.165, 1.54) is 19.4 Å². The zero-order valence-electron chi connectivity index (χ0n) is 12.9. The quantitative estimate of drug-likeness (QED) is 0.686. The first-order valence-electron chi connectivity index (χ1n) is 7.68. The van der Waals surface area contributed by atoms with Crippen molar-refractivity contribution < 1.29 is 9.53 Å². The summed E-state index contributed by atoms with van der Waals surface area (Å²) in [7, 11) is 2.18. The predicted molar refractivity (Wildman–Crippen MR) is 78.2 cm³/mol. The lowest BCUT2D eigenvalue weighted by Crippen LogP contribution is -2.38. The maximum absolute atomic E-state index is 11.8. The van der Waals surface area contributed by atoms with Crippen molar-refractivity contribution in [2.24, 2.45) is 0 Å². The summed E-state index contributed by atoms with van der Waals surface area (Å²) in [5, 5.41) is 3.41. The van der Waals surface area contributed by atoms with Crippen molar-refractivity contribution in [1.82, 2.24) is 10.2 Å². The average Bonchev–Trinajstić information content (AvgIpc) is 2.82. The molecule has 112 valence electrons. The molecule has 0 aromatic carbocycles. The smallest absolute Gasteiger partial charge is 0.323 e. The van der Waals surface area contributed by atoms with Crippen LogP contribution in [0.2, 0.25) is 0 Å². The molecule has 19 heavy (non-hydrogen) atoms. The highest BCUT2D eigenvalue weighted by atomic mass is 16.5. The Hall–Kier alpha value is -0.610. The number of unbranched alkanes of at least 4 members (excludes halogenated alkanes) is 1. The average molecular weight is 270 g/mol. The third kappa shape index (κ3) is 6.39. The monoisotopic (exact) mass is 270 g/mol. The molecule has 1 aliphatic rings. The highest BCUT2D eigenvalue weighted by molar-refractivity contribution is 5.76. The molecular formula is C15H30N2O2. The normalized spacial score (nSPS) is 23.3.